The highest BCUT2D eigenvalue weighted by molar-refractivity contribution is 6.30. The van der Waals surface area contributed by atoms with E-state index in [9.17, 15) is 9.50 Å². The van der Waals surface area contributed by atoms with Crippen molar-refractivity contribution in [1.82, 2.24) is 0 Å². The average molecular weight is 271 g/mol. The first kappa shape index (κ1) is 13.8. The van der Waals surface area contributed by atoms with E-state index < -0.39 is 5.60 Å². The summed E-state index contributed by atoms with van der Waals surface area (Å²) in [4.78, 5) is 0. The average Bonchev–Trinajstić information content (AvgIpc) is 2.34. The lowest BCUT2D eigenvalue weighted by Crippen LogP contribution is -2.42. The van der Waals surface area contributed by atoms with E-state index in [-0.39, 0.29) is 11.7 Å². The van der Waals surface area contributed by atoms with Crippen LogP contribution in [-0.4, -0.2) is 10.7 Å². The number of hydrogen-bond acceptors (Lipinski definition) is 1. The Morgan fingerprint density at radius 3 is 2.94 bits per heavy atom. The van der Waals surface area contributed by atoms with E-state index in [0.717, 1.165) is 25.7 Å². The smallest absolute Gasteiger partial charge is 0.126 e. The second-order valence-corrected chi connectivity index (χ2v) is 5.80. The monoisotopic (exact) mass is 270 g/mol. The van der Waals surface area contributed by atoms with Gasteiger partial charge in [-0.1, -0.05) is 37.8 Å². The zero-order valence-electron chi connectivity index (χ0n) is 10.8. The fourth-order valence-corrected chi connectivity index (χ4v) is 3.31. The van der Waals surface area contributed by atoms with Gasteiger partial charge >= 0.3 is 0 Å². The molecule has 0 aromatic heterocycles. The molecular formula is C15H20ClFO. The zero-order valence-corrected chi connectivity index (χ0v) is 11.5. The Labute approximate surface area is 113 Å². The lowest BCUT2D eigenvalue weighted by Gasteiger charge is -2.40. The highest BCUT2D eigenvalue weighted by Crippen LogP contribution is 2.38. The normalized spacial score (nSPS) is 28.3. The maximum Gasteiger partial charge on any atom is 0.126 e. The van der Waals surface area contributed by atoms with Crippen molar-refractivity contribution in [2.45, 2.75) is 51.0 Å². The number of aliphatic hydroxyl groups is 1. The van der Waals surface area contributed by atoms with Crippen LogP contribution in [-0.2, 0) is 6.42 Å². The standard InChI is InChI=1S/C15H20ClFO/c1-2-12-5-3-4-8-15(12,18)10-11-9-13(16)6-7-14(11)17/h6-7,9,12,18H,2-5,8,10H2,1H3. The topological polar surface area (TPSA) is 20.2 Å². The Kier molecular flexibility index (Phi) is 4.29. The van der Waals surface area contributed by atoms with Crippen molar-refractivity contribution in [1.29, 1.82) is 0 Å². The molecule has 100 valence electrons. The zero-order chi connectivity index (χ0) is 13.2. The Bertz CT molecular complexity index is 421. The summed E-state index contributed by atoms with van der Waals surface area (Å²) in [7, 11) is 0. The molecule has 1 fully saturated rings. The maximum absolute atomic E-state index is 13.8. The Morgan fingerprint density at radius 2 is 2.22 bits per heavy atom. The predicted molar refractivity (Wildman–Crippen MR) is 72.3 cm³/mol. The van der Waals surface area contributed by atoms with E-state index in [1.807, 2.05) is 0 Å². The molecule has 1 nitrogen and oxygen atoms in total. The summed E-state index contributed by atoms with van der Waals surface area (Å²) < 4.78 is 13.8. The van der Waals surface area contributed by atoms with Gasteiger partial charge in [-0.15, -0.1) is 0 Å². The first-order chi connectivity index (χ1) is 8.55. The van der Waals surface area contributed by atoms with E-state index in [0.29, 0.717) is 17.0 Å². The van der Waals surface area contributed by atoms with Crippen molar-refractivity contribution < 1.29 is 9.50 Å². The van der Waals surface area contributed by atoms with Crippen LogP contribution >= 0.6 is 11.6 Å². The van der Waals surface area contributed by atoms with Gasteiger partial charge in [0.05, 0.1) is 5.60 Å². The number of halogens is 2. The van der Waals surface area contributed by atoms with Crippen LogP contribution in [0.15, 0.2) is 18.2 Å². The van der Waals surface area contributed by atoms with Crippen LogP contribution in [0.25, 0.3) is 0 Å². The summed E-state index contributed by atoms with van der Waals surface area (Å²) in [6.45, 7) is 2.09. The minimum atomic E-state index is -0.765. The predicted octanol–water partition coefficient (Wildman–Crippen LogP) is 4.35. The quantitative estimate of drug-likeness (QED) is 0.866. The maximum atomic E-state index is 13.8. The third-order valence-corrected chi connectivity index (χ3v) is 4.40. The Hall–Kier alpha value is -0.600. The molecule has 0 heterocycles. The van der Waals surface area contributed by atoms with E-state index in [1.54, 1.807) is 12.1 Å². The molecule has 0 amide bonds. The Morgan fingerprint density at radius 1 is 1.44 bits per heavy atom. The Balaban J connectivity index is 2.22. The lowest BCUT2D eigenvalue weighted by atomic mass is 9.71. The molecule has 0 spiro atoms. The second kappa shape index (κ2) is 5.58. The fraction of sp³-hybridized carbons (Fsp3) is 0.600. The van der Waals surface area contributed by atoms with Crippen LogP contribution in [0.2, 0.25) is 5.02 Å². The van der Waals surface area contributed by atoms with Crippen LogP contribution in [0.3, 0.4) is 0 Å². The van der Waals surface area contributed by atoms with Gasteiger partial charge in [0.25, 0.3) is 0 Å². The number of benzene rings is 1. The van der Waals surface area contributed by atoms with Gasteiger partial charge in [0, 0.05) is 11.4 Å². The van der Waals surface area contributed by atoms with Crippen molar-refractivity contribution >= 4 is 11.6 Å². The van der Waals surface area contributed by atoms with Crippen LogP contribution in [0, 0.1) is 11.7 Å². The van der Waals surface area contributed by atoms with Crippen molar-refractivity contribution in [2.24, 2.45) is 5.92 Å². The van der Waals surface area contributed by atoms with Crippen LogP contribution in [0.1, 0.15) is 44.6 Å². The molecule has 0 radical (unpaired) electrons. The third-order valence-electron chi connectivity index (χ3n) is 4.17. The van der Waals surface area contributed by atoms with E-state index in [4.69, 9.17) is 11.6 Å². The molecule has 2 atom stereocenters. The van der Waals surface area contributed by atoms with Crippen LogP contribution in [0.5, 0.6) is 0 Å². The third kappa shape index (κ3) is 2.86. The van der Waals surface area contributed by atoms with E-state index in [1.165, 1.54) is 12.5 Å². The van der Waals surface area contributed by atoms with E-state index >= 15 is 0 Å². The molecule has 1 aromatic rings. The molecule has 1 N–H and O–H groups in total. The fourth-order valence-electron chi connectivity index (χ4n) is 3.12. The molecule has 2 unspecified atom stereocenters. The molecular weight excluding hydrogens is 251 g/mol. The molecule has 1 aromatic carbocycles. The summed E-state index contributed by atoms with van der Waals surface area (Å²) in [5.41, 5.74) is -0.233. The van der Waals surface area contributed by atoms with Gasteiger partial charge in [-0.2, -0.15) is 0 Å². The van der Waals surface area contributed by atoms with Crippen LogP contribution in [0.4, 0.5) is 4.39 Å². The number of hydrogen-bond donors (Lipinski definition) is 1. The first-order valence-electron chi connectivity index (χ1n) is 6.71. The molecule has 0 saturated heterocycles. The van der Waals surface area contributed by atoms with Gasteiger partial charge in [0.1, 0.15) is 5.82 Å². The van der Waals surface area contributed by atoms with Gasteiger partial charge in [-0.3, -0.25) is 0 Å². The molecule has 1 aliphatic rings. The van der Waals surface area contributed by atoms with Gasteiger partial charge < -0.3 is 5.11 Å². The highest BCUT2D eigenvalue weighted by atomic mass is 35.5. The van der Waals surface area contributed by atoms with Crippen LogP contribution < -0.4 is 0 Å². The number of rotatable bonds is 3. The molecule has 3 heteroatoms. The molecule has 1 aliphatic carbocycles. The van der Waals surface area contributed by atoms with Crippen molar-refractivity contribution in [3.8, 4) is 0 Å². The summed E-state index contributed by atoms with van der Waals surface area (Å²) >= 11 is 5.90. The van der Waals surface area contributed by atoms with E-state index in [2.05, 4.69) is 6.92 Å². The molecule has 1 saturated carbocycles. The minimum Gasteiger partial charge on any atom is -0.389 e. The summed E-state index contributed by atoms with van der Waals surface area (Å²) in [5.74, 6) is -0.00196. The summed E-state index contributed by atoms with van der Waals surface area (Å²) in [6.07, 6.45) is 5.30. The largest absolute Gasteiger partial charge is 0.389 e. The molecule has 2 rings (SSSR count). The molecule has 0 bridgehead atoms. The minimum absolute atomic E-state index is 0.268. The van der Waals surface area contributed by atoms with Crippen molar-refractivity contribution in [2.75, 3.05) is 0 Å². The lowest BCUT2D eigenvalue weighted by molar-refractivity contribution is -0.0496. The van der Waals surface area contributed by atoms with Gasteiger partial charge in [0.15, 0.2) is 0 Å². The SMILES string of the molecule is CCC1CCCCC1(O)Cc1cc(Cl)ccc1F. The van der Waals surface area contributed by atoms with Gasteiger partial charge in [0.2, 0.25) is 0 Å². The van der Waals surface area contributed by atoms with Gasteiger partial charge in [-0.05, 0) is 42.5 Å². The van der Waals surface area contributed by atoms with Crippen molar-refractivity contribution in [3.05, 3.63) is 34.6 Å². The summed E-state index contributed by atoms with van der Waals surface area (Å²) in [5, 5.41) is 11.3. The van der Waals surface area contributed by atoms with Crippen molar-refractivity contribution in [3.63, 3.8) is 0 Å². The second-order valence-electron chi connectivity index (χ2n) is 5.37. The first-order valence-corrected chi connectivity index (χ1v) is 7.09. The van der Waals surface area contributed by atoms with Gasteiger partial charge in [-0.25, -0.2) is 4.39 Å². The highest BCUT2D eigenvalue weighted by Gasteiger charge is 2.38. The molecule has 0 aliphatic heterocycles. The summed E-state index contributed by atoms with van der Waals surface area (Å²) in [6, 6.07) is 4.56. The molecule has 18 heavy (non-hydrogen) atoms.